The van der Waals surface area contributed by atoms with Crippen molar-refractivity contribution in [1.29, 1.82) is 0 Å². The fourth-order valence-corrected chi connectivity index (χ4v) is 9.08. The van der Waals surface area contributed by atoms with Gasteiger partial charge in [-0.25, -0.2) is 9.59 Å². The number of carbonyl (C=O) groups is 2. The molecule has 0 aromatic carbocycles. The molecule has 1 saturated heterocycles. The molecule has 8 nitrogen and oxygen atoms in total. The molecule has 1 fully saturated rings. The van der Waals surface area contributed by atoms with E-state index in [1.165, 1.54) is 6.26 Å². The first-order valence-electron chi connectivity index (χ1n) is 10.8. The Kier molecular flexibility index (Phi) is 7.24. The first kappa shape index (κ1) is 25.7. The molecule has 31 heavy (non-hydrogen) atoms. The van der Waals surface area contributed by atoms with Crippen LogP contribution in [0, 0.1) is 0 Å². The molecule has 0 aliphatic carbocycles. The topological polar surface area (TPSA) is 92.3 Å². The Hall–Kier alpha value is -1.58. The van der Waals surface area contributed by atoms with Gasteiger partial charge in [0, 0.05) is 10.1 Å². The molecule has 1 amide bonds. The highest BCUT2D eigenvalue weighted by Gasteiger charge is 2.63. The van der Waals surface area contributed by atoms with Gasteiger partial charge in [-0.05, 0) is 33.8 Å². The minimum atomic E-state index is -2.76. The summed E-state index contributed by atoms with van der Waals surface area (Å²) in [6.45, 7) is 19.9. The number of hydrogen-bond donors (Lipinski definition) is 1. The Balaban J connectivity index is 2.15. The van der Waals surface area contributed by atoms with E-state index in [-0.39, 0.29) is 16.2 Å². The van der Waals surface area contributed by atoms with E-state index >= 15 is 0 Å². The molecule has 0 unspecified atom stereocenters. The van der Waals surface area contributed by atoms with Crippen molar-refractivity contribution in [3.05, 3.63) is 12.3 Å². The van der Waals surface area contributed by atoms with Gasteiger partial charge in [-0.15, -0.1) is 0 Å². The van der Waals surface area contributed by atoms with E-state index in [2.05, 4.69) is 46.9 Å². The van der Waals surface area contributed by atoms with Crippen LogP contribution in [0.3, 0.4) is 0 Å². The van der Waals surface area contributed by atoms with Crippen LogP contribution in [-0.2, 0) is 27.9 Å². The number of alkyl carbamates (subject to hydrolysis) is 1. The Morgan fingerprint density at radius 3 is 2.16 bits per heavy atom. The zero-order valence-electron chi connectivity index (χ0n) is 20.5. The first-order valence-corrected chi connectivity index (χ1v) is 12.6. The summed E-state index contributed by atoms with van der Waals surface area (Å²) in [5.74, 6) is -0.574. The Labute approximate surface area is 187 Å². The van der Waals surface area contributed by atoms with E-state index in [4.69, 9.17) is 23.1 Å². The van der Waals surface area contributed by atoms with Crippen LogP contribution in [0.1, 0.15) is 69.2 Å². The number of carbonyl (C=O) groups excluding carboxylic acids is 2. The molecule has 2 heterocycles. The Morgan fingerprint density at radius 1 is 1.06 bits per heavy atom. The van der Waals surface area contributed by atoms with Crippen LogP contribution in [0.15, 0.2) is 12.3 Å². The fraction of sp³-hybridized carbons (Fsp3) is 0.818. The summed E-state index contributed by atoms with van der Waals surface area (Å²) in [4.78, 5) is 24.7. The number of esters is 1. The number of fused-ring (bicyclic) bond motifs is 1. The quantitative estimate of drug-likeness (QED) is 0.502. The van der Waals surface area contributed by atoms with Crippen molar-refractivity contribution in [2.45, 2.75) is 109 Å². The van der Waals surface area contributed by atoms with Gasteiger partial charge < -0.3 is 28.4 Å². The van der Waals surface area contributed by atoms with Gasteiger partial charge in [0.25, 0.3) is 0 Å². The summed E-state index contributed by atoms with van der Waals surface area (Å²) < 4.78 is 29.8. The minimum absolute atomic E-state index is 0.211. The maximum absolute atomic E-state index is 12.7. The zero-order valence-corrected chi connectivity index (χ0v) is 21.5. The summed E-state index contributed by atoms with van der Waals surface area (Å²) in [6, 6.07) is -0.878. The van der Waals surface area contributed by atoms with Crippen molar-refractivity contribution >= 4 is 20.6 Å². The molecular weight excluding hydrogens is 418 g/mol. The minimum Gasteiger partial charge on any atom is -0.493 e. The van der Waals surface area contributed by atoms with Gasteiger partial charge in [-0.1, -0.05) is 41.5 Å². The number of nitrogens with one attached hydrogen (secondary N) is 1. The molecular formula is C22H39NO7Si. The van der Waals surface area contributed by atoms with Gasteiger partial charge in [0.2, 0.25) is 0 Å². The van der Waals surface area contributed by atoms with Crippen molar-refractivity contribution in [2.75, 3.05) is 6.61 Å². The van der Waals surface area contributed by atoms with E-state index in [0.717, 1.165) is 0 Å². The van der Waals surface area contributed by atoms with Crippen molar-refractivity contribution < 1.29 is 32.7 Å². The van der Waals surface area contributed by atoms with Crippen LogP contribution in [-0.4, -0.2) is 57.2 Å². The lowest BCUT2D eigenvalue weighted by atomic mass is 10.1. The number of hydrogen-bond acceptors (Lipinski definition) is 7. The molecule has 0 saturated carbocycles. The summed E-state index contributed by atoms with van der Waals surface area (Å²) in [7, 11) is -2.76. The lowest BCUT2D eigenvalue weighted by Crippen LogP contribution is -2.67. The van der Waals surface area contributed by atoms with Gasteiger partial charge in [0.1, 0.15) is 23.9 Å². The Morgan fingerprint density at radius 2 is 1.65 bits per heavy atom. The van der Waals surface area contributed by atoms with Gasteiger partial charge in [0.05, 0.1) is 12.9 Å². The van der Waals surface area contributed by atoms with Gasteiger partial charge >= 0.3 is 20.6 Å². The third-order valence-electron chi connectivity index (χ3n) is 5.28. The third-order valence-corrected chi connectivity index (χ3v) is 10.4. The fourth-order valence-electron chi connectivity index (χ4n) is 4.12. The average molecular weight is 458 g/mol. The maximum Gasteiger partial charge on any atom is 0.408 e. The monoisotopic (exact) mass is 457 g/mol. The lowest BCUT2D eigenvalue weighted by molar-refractivity contribution is -0.168. The molecule has 4 atom stereocenters. The number of ether oxygens (including phenoxy) is 3. The van der Waals surface area contributed by atoms with E-state index in [1.807, 2.05) is 0 Å². The molecule has 1 N–H and O–H groups in total. The van der Waals surface area contributed by atoms with Crippen LogP contribution in [0.25, 0.3) is 0 Å². The van der Waals surface area contributed by atoms with Crippen molar-refractivity contribution in [3.63, 3.8) is 0 Å². The second kappa shape index (κ2) is 8.75. The third kappa shape index (κ3) is 5.81. The lowest BCUT2D eigenvalue weighted by Gasteiger charge is -2.55. The summed E-state index contributed by atoms with van der Waals surface area (Å²) in [5.41, 5.74) is -0.659. The molecule has 0 spiro atoms. The maximum atomic E-state index is 12.7. The molecule has 2 aliphatic rings. The molecule has 2 aliphatic heterocycles. The zero-order chi connectivity index (χ0) is 23.8. The SMILES string of the molecule is C[C@H](NC(=O)OC(C)(C)C)C(=O)O[C@@H]1C=CO[C@@H]2CO[Si](C(C)(C)C)(C(C)(C)C)O[C@@H]12. The molecule has 2 rings (SSSR count). The van der Waals surface area contributed by atoms with E-state index in [0.29, 0.717) is 6.61 Å². The number of rotatable bonds is 3. The van der Waals surface area contributed by atoms with Crippen molar-refractivity contribution in [1.82, 2.24) is 5.32 Å². The number of amides is 1. The Bertz CT molecular complexity index is 688. The van der Waals surface area contributed by atoms with Crippen LogP contribution >= 0.6 is 0 Å². The standard InChI is InChI=1S/C22H39NO7Si/c1-14(23-19(25)29-20(2,3)4)18(24)28-15-11-12-26-16-13-27-31(21(5,6)7,22(8,9)10)30-17(15)16/h11-12,14-17H,13H2,1-10H3,(H,23,25)/t14-,15+,16+,17-/m0/s1. The van der Waals surface area contributed by atoms with Crippen LogP contribution in [0.2, 0.25) is 10.1 Å². The van der Waals surface area contributed by atoms with Crippen molar-refractivity contribution in [3.8, 4) is 0 Å². The predicted octanol–water partition coefficient (Wildman–Crippen LogP) is 4.18. The van der Waals surface area contributed by atoms with Gasteiger partial charge in [-0.2, -0.15) is 0 Å². The average Bonchev–Trinajstić information content (AvgIpc) is 2.57. The highest BCUT2D eigenvalue weighted by molar-refractivity contribution is 6.73. The van der Waals surface area contributed by atoms with Gasteiger partial charge in [0.15, 0.2) is 6.10 Å². The largest absolute Gasteiger partial charge is 0.493 e. The molecule has 0 aromatic heterocycles. The normalized spacial score (nSPS) is 26.8. The smallest absolute Gasteiger partial charge is 0.408 e. The molecule has 178 valence electrons. The predicted molar refractivity (Wildman–Crippen MR) is 119 cm³/mol. The first-order chi connectivity index (χ1) is 14.0. The second-order valence-corrected chi connectivity index (χ2v) is 16.0. The van der Waals surface area contributed by atoms with E-state index < -0.39 is 44.5 Å². The summed E-state index contributed by atoms with van der Waals surface area (Å²) in [6.07, 6.45) is 1.01. The highest BCUT2D eigenvalue weighted by Crippen LogP contribution is 2.54. The second-order valence-electron chi connectivity index (χ2n) is 11.3. The molecule has 9 heteroatoms. The molecule has 0 radical (unpaired) electrons. The van der Waals surface area contributed by atoms with Crippen LogP contribution < -0.4 is 5.32 Å². The van der Waals surface area contributed by atoms with E-state index in [9.17, 15) is 9.59 Å². The van der Waals surface area contributed by atoms with Gasteiger partial charge in [-0.3, -0.25) is 0 Å². The van der Waals surface area contributed by atoms with Crippen molar-refractivity contribution in [2.24, 2.45) is 0 Å². The molecule has 0 aromatic rings. The highest BCUT2D eigenvalue weighted by atomic mass is 28.4. The summed E-state index contributed by atoms with van der Waals surface area (Å²) in [5, 5.41) is 2.09. The van der Waals surface area contributed by atoms with Crippen LogP contribution in [0.5, 0.6) is 0 Å². The summed E-state index contributed by atoms with van der Waals surface area (Å²) >= 11 is 0. The van der Waals surface area contributed by atoms with E-state index in [1.54, 1.807) is 33.8 Å². The van der Waals surface area contributed by atoms with Crippen LogP contribution in [0.4, 0.5) is 4.79 Å². The molecule has 0 bridgehead atoms.